The number of hydrogen-bond acceptors (Lipinski definition) is 4. The first-order chi connectivity index (χ1) is 10.1. The molecule has 0 saturated carbocycles. The van der Waals surface area contributed by atoms with Crippen molar-refractivity contribution in [3.63, 3.8) is 0 Å². The smallest absolute Gasteiger partial charge is 0.174 e. The van der Waals surface area contributed by atoms with Gasteiger partial charge in [-0.2, -0.15) is 5.10 Å². The quantitative estimate of drug-likeness (QED) is 0.737. The highest BCUT2D eigenvalue weighted by Gasteiger charge is 2.12. The summed E-state index contributed by atoms with van der Waals surface area (Å²) in [5.74, 6) is 1.49. The Balaban J connectivity index is 1.73. The molecule has 0 saturated heterocycles. The topological polar surface area (TPSA) is 53.1 Å². The van der Waals surface area contributed by atoms with E-state index >= 15 is 0 Å². The van der Waals surface area contributed by atoms with Gasteiger partial charge < -0.3 is 9.26 Å². The van der Waals surface area contributed by atoms with E-state index in [9.17, 15) is 0 Å². The van der Waals surface area contributed by atoms with Crippen LogP contribution in [0, 0.1) is 13.8 Å². The number of aryl methyl sites for hydroxylation is 2. The minimum atomic E-state index is 0.340. The second kappa shape index (κ2) is 5.44. The predicted molar refractivity (Wildman–Crippen MR) is 79.0 cm³/mol. The predicted octanol–water partition coefficient (Wildman–Crippen LogP) is 3.27. The van der Waals surface area contributed by atoms with Gasteiger partial charge in [0.2, 0.25) is 0 Å². The van der Waals surface area contributed by atoms with Gasteiger partial charge >= 0.3 is 0 Å². The molecule has 0 bridgehead atoms. The Morgan fingerprint density at radius 1 is 1.19 bits per heavy atom. The summed E-state index contributed by atoms with van der Waals surface area (Å²) in [4.78, 5) is 0. The second-order valence-electron chi connectivity index (χ2n) is 4.96. The molecule has 0 aliphatic heterocycles. The zero-order valence-electron chi connectivity index (χ0n) is 12.3. The summed E-state index contributed by atoms with van der Waals surface area (Å²) in [6, 6.07) is 11.8. The van der Waals surface area contributed by atoms with Crippen molar-refractivity contribution in [3.8, 4) is 17.0 Å². The first-order valence-corrected chi connectivity index (χ1v) is 6.79. The first-order valence-electron chi connectivity index (χ1n) is 6.79. The van der Waals surface area contributed by atoms with E-state index in [1.54, 1.807) is 4.68 Å². The summed E-state index contributed by atoms with van der Waals surface area (Å²) in [7, 11) is 1.90. The molecule has 21 heavy (non-hydrogen) atoms. The van der Waals surface area contributed by atoms with Crippen molar-refractivity contribution in [1.29, 1.82) is 0 Å². The Bertz CT molecular complexity index is 744. The molecule has 0 unspecified atom stereocenters. The number of rotatable bonds is 4. The number of nitrogens with zero attached hydrogens (tertiary/aromatic N) is 3. The number of benzene rings is 1. The van der Waals surface area contributed by atoms with E-state index in [-0.39, 0.29) is 0 Å². The monoisotopic (exact) mass is 283 g/mol. The van der Waals surface area contributed by atoms with Crippen molar-refractivity contribution in [3.05, 3.63) is 53.5 Å². The van der Waals surface area contributed by atoms with Crippen LogP contribution in [0.5, 0.6) is 5.75 Å². The van der Waals surface area contributed by atoms with Gasteiger partial charge in [-0.05, 0) is 13.8 Å². The Morgan fingerprint density at radius 3 is 2.62 bits per heavy atom. The molecule has 0 radical (unpaired) electrons. The van der Waals surface area contributed by atoms with Crippen LogP contribution in [0.2, 0.25) is 0 Å². The van der Waals surface area contributed by atoms with Crippen LogP contribution >= 0.6 is 0 Å². The van der Waals surface area contributed by atoms with E-state index in [0.717, 1.165) is 28.4 Å². The molecule has 1 aromatic carbocycles. The summed E-state index contributed by atoms with van der Waals surface area (Å²) in [6.45, 7) is 4.25. The molecule has 3 rings (SSSR count). The molecular formula is C16H17N3O2. The SMILES string of the molecule is Cc1nn(C)c(C)c1OCc1cc(-c2ccccc2)no1. The lowest BCUT2D eigenvalue weighted by molar-refractivity contribution is 0.247. The van der Waals surface area contributed by atoms with Gasteiger partial charge in [-0.25, -0.2) is 0 Å². The van der Waals surface area contributed by atoms with Gasteiger partial charge in [0.1, 0.15) is 18.0 Å². The highest BCUT2D eigenvalue weighted by Crippen LogP contribution is 2.24. The number of ether oxygens (including phenoxy) is 1. The lowest BCUT2D eigenvalue weighted by Gasteiger charge is -2.03. The van der Waals surface area contributed by atoms with Gasteiger partial charge in [-0.3, -0.25) is 4.68 Å². The van der Waals surface area contributed by atoms with Gasteiger partial charge in [0.05, 0.1) is 5.69 Å². The minimum Gasteiger partial charge on any atom is -0.482 e. The molecular weight excluding hydrogens is 266 g/mol. The van der Waals surface area contributed by atoms with Crippen LogP contribution in [0.3, 0.4) is 0 Å². The molecule has 2 heterocycles. The highest BCUT2D eigenvalue weighted by molar-refractivity contribution is 5.58. The maximum atomic E-state index is 5.81. The van der Waals surface area contributed by atoms with E-state index in [0.29, 0.717) is 12.4 Å². The summed E-state index contributed by atoms with van der Waals surface area (Å²) < 4.78 is 12.9. The summed E-state index contributed by atoms with van der Waals surface area (Å²) in [5.41, 5.74) is 3.71. The summed E-state index contributed by atoms with van der Waals surface area (Å²) in [5, 5.41) is 8.39. The molecule has 0 amide bonds. The Hall–Kier alpha value is -2.56. The van der Waals surface area contributed by atoms with Gasteiger partial charge in [-0.15, -0.1) is 0 Å². The fourth-order valence-electron chi connectivity index (χ4n) is 2.23. The standard InChI is InChI=1S/C16H17N3O2/c1-11-16(12(2)19(3)17-11)20-10-14-9-15(18-21-14)13-7-5-4-6-8-13/h4-9H,10H2,1-3H3. The van der Waals surface area contributed by atoms with Gasteiger partial charge in [0.15, 0.2) is 11.5 Å². The molecule has 5 heteroatoms. The first kappa shape index (κ1) is 13.4. The molecule has 5 nitrogen and oxygen atoms in total. The molecule has 0 fully saturated rings. The van der Waals surface area contributed by atoms with Crippen LogP contribution in [0.1, 0.15) is 17.1 Å². The lowest BCUT2D eigenvalue weighted by atomic mass is 10.1. The summed E-state index contributed by atoms with van der Waals surface area (Å²) >= 11 is 0. The summed E-state index contributed by atoms with van der Waals surface area (Å²) in [6.07, 6.45) is 0. The Kier molecular flexibility index (Phi) is 3.48. The van der Waals surface area contributed by atoms with E-state index in [1.807, 2.05) is 57.3 Å². The van der Waals surface area contributed by atoms with Crippen LogP contribution in [0.25, 0.3) is 11.3 Å². The van der Waals surface area contributed by atoms with Crippen molar-refractivity contribution in [2.75, 3.05) is 0 Å². The van der Waals surface area contributed by atoms with Crippen molar-refractivity contribution >= 4 is 0 Å². The third-order valence-corrected chi connectivity index (χ3v) is 3.43. The lowest BCUT2D eigenvalue weighted by Crippen LogP contribution is -1.97. The van der Waals surface area contributed by atoms with Crippen LogP contribution < -0.4 is 4.74 Å². The third-order valence-electron chi connectivity index (χ3n) is 3.43. The number of hydrogen-bond donors (Lipinski definition) is 0. The largest absolute Gasteiger partial charge is 0.482 e. The molecule has 0 atom stereocenters. The van der Waals surface area contributed by atoms with Crippen molar-refractivity contribution in [2.24, 2.45) is 7.05 Å². The molecule has 3 aromatic rings. The van der Waals surface area contributed by atoms with E-state index in [2.05, 4.69) is 10.3 Å². The van der Waals surface area contributed by atoms with Crippen LogP contribution in [-0.2, 0) is 13.7 Å². The molecule has 0 N–H and O–H groups in total. The van der Waals surface area contributed by atoms with Gasteiger partial charge in [0.25, 0.3) is 0 Å². The average molecular weight is 283 g/mol. The van der Waals surface area contributed by atoms with Crippen molar-refractivity contribution in [2.45, 2.75) is 20.5 Å². The molecule has 0 aliphatic rings. The minimum absolute atomic E-state index is 0.340. The highest BCUT2D eigenvalue weighted by atomic mass is 16.5. The third kappa shape index (κ3) is 2.67. The van der Waals surface area contributed by atoms with E-state index < -0.39 is 0 Å². The fraction of sp³-hybridized carbons (Fsp3) is 0.250. The van der Waals surface area contributed by atoms with Gasteiger partial charge in [-0.1, -0.05) is 35.5 Å². The second-order valence-corrected chi connectivity index (χ2v) is 4.96. The number of aromatic nitrogens is 3. The maximum Gasteiger partial charge on any atom is 0.174 e. The van der Waals surface area contributed by atoms with Crippen LogP contribution in [0.4, 0.5) is 0 Å². The zero-order valence-corrected chi connectivity index (χ0v) is 12.3. The van der Waals surface area contributed by atoms with E-state index in [1.165, 1.54) is 0 Å². The molecule has 2 aromatic heterocycles. The van der Waals surface area contributed by atoms with Crippen LogP contribution in [-0.4, -0.2) is 14.9 Å². The molecule has 0 aliphatic carbocycles. The zero-order chi connectivity index (χ0) is 14.8. The normalized spacial score (nSPS) is 10.8. The fourth-order valence-corrected chi connectivity index (χ4v) is 2.23. The maximum absolute atomic E-state index is 5.81. The van der Waals surface area contributed by atoms with Gasteiger partial charge in [0, 0.05) is 18.7 Å². The van der Waals surface area contributed by atoms with Crippen molar-refractivity contribution in [1.82, 2.24) is 14.9 Å². The average Bonchev–Trinajstić information content (AvgIpc) is 3.05. The van der Waals surface area contributed by atoms with E-state index in [4.69, 9.17) is 9.26 Å². The Labute approximate surface area is 123 Å². The van der Waals surface area contributed by atoms with Crippen molar-refractivity contribution < 1.29 is 9.26 Å². The molecule has 0 spiro atoms. The molecule has 108 valence electrons. The Morgan fingerprint density at radius 2 is 1.95 bits per heavy atom. The van der Waals surface area contributed by atoms with Crippen LogP contribution in [0.15, 0.2) is 40.9 Å².